The van der Waals surface area contributed by atoms with Crippen LogP contribution in [0.15, 0.2) is 66.7 Å². The monoisotopic (exact) mass is 333 g/mol. The van der Waals surface area contributed by atoms with Crippen LogP contribution in [0.3, 0.4) is 0 Å². The molecule has 4 heteroatoms. The average Bonchev–Trinajstić information content (AvgIpc) is 2.59. The summed E-state index contributed by atoms with van der Waals surface area (Å²) in [5.41, 5.74) is 9.93. The number of aryl methyl sites for hydroxylation is 1. The number of aromatic hydroxyl groups is 2. The van der Waals surface area contributed by atoms with E-state index in [4.69, 9.17) is 5.73 Å². The van der Waals surface area contributed by atoms with Crippen molar-refractivity contribution in [3.63, 3.8) is 0 Å². The third-order valence-electron chi connectivity index (χ3n) is 4.08. The van der Waals surface area contributed by atoms with E-state index in [2.05, 4.69) is 0 Å². The summed E-state index contributed by atoms with van der Waals surface area (Å²) in [6.07, 6.45) is 0.752. The topological polar surface area (TPSA) is 83.6 Å². The first-order chi connectivity index (χ1) is 12.0. The maximum atomic E-state index is 11.2. The number of rotatable bonds is 5. The van der Waals surface area contributed by atoms with Crippen LogP contribution in [0.5, 0.6) is 11.5 Å². The number of benzene rings is 3. The molecule has 0 saturated heterocycles. The van der Waals surface area contributed by atoms with Crippen molar-refractivity contribution in [3.05, 3.63) is 72.3 Å². The molecule has 3 aromatic carbocycles. The summed E-state index contributed by atoms with van der Waals surface area (Å²) in [6.45, 7) is 0. The third kappa shape index (κ3) is 3.98. The van der Waals surface area contributed by atoms with Crippen LogP contribution in [0.1, 0.15) is 12.0 Å². The van der Waals surface area contributed by atoms with Crippen LogP contribution in [0.25, 0.3) is 22.3 Å². The summed E-state index contributed by atoms with van der Waals surface area (Å²) in [4.78, 5) is 11.2. The van der Waals surface area contributed by atoms with Crippen LogP contribution in [-0.4, -0.2) is 16.1 Å². The predicted molar refractivity (Wildman–Crippen MR) is 98.2 cm³/mol. The van der Waals surface area contributed by atoms with Crippen molar-refractivity contribution in [2.75, 3.05) is 0 Å². The lowest BCUT2D eigenvalue weighted by Crippen LogP contribution is -2.11. The highest BCUT2D eigenvalue weighted by Crippen LogP contribution is 2.32. The molecule has 3 aromatic rings. The van der Waals surface area contributed by atoms with E-state index in [0.717, 1.165) is 27.8 Å². The third-order valence-corrected chi connectivity index (χ3v) is 4.08. The highest BCUT2D eigenvalue weighted by molar-refractivity contribution is 5.77. The van der Waals surface area contributed by atoms with Gasteiger partial charge in [-0.25, -0.2) is 0 Å². The zero-order valence-electron chi connectivity index (χ0n) is 13.6. The molecule has 0 saturated carbocycles. The molecule has 0 atom stereocenters. The first kappa shape index (κ1) is 16.6. The molecule has 0 fully saturated rings. The van der Waals surface area contributed by atoms with Gasteiger partial charge in [-0.05, 0) is 58.5 Å². The molecule has 0 aliphatic rings. The fourth-order valence-corrected chi connectivity index (χ4v) is 2.88. The normalized spacial score (nSPS) is 10.6. The van der Waals surface area contributed by atoms with Gasteiger partial charge >= 0.3 is 0 Å². The molecule has 0 unspecified atom stereocenters. The van der Waals surface area contributed by atoms with Crippen molar-refractivity contribution in [2.24, 2.45) is 5.73 Å². The predicted octanol–water partition coefficient (Wildman–Crippen LogP) is 3.85. The maximum Gasteiger partial charge on any atom is 0.217 e. The molecular weight excluding hydrogens is 314 g/mol. The number of primary amides is 1. The zero-order chi connectivity index (χ0) is 17.8. The second-order valence-corrected chi connectivity index (χ2v) is 5.94. The van der Waals surface area contributed by atoms with Crippen molar-refractivity contribution >= 4 is 5.91 Å². The van der Waals surface area contributed by atoms with Gasteiger partial charge in [0.1, 0.15) is 11.5 Å². The van der Waals surface area contributed by atoms with Gasteiger partial charge in [-0.2, -0.15) is 0 Å². The lowest BCUT2D eigenvalue weighted by atomic mass is 9.92. The van der Waals surface area contributed by atoms with Crippen molar-refractivity contribution in [3.8, 4) is 33.8 Å². The molecule has 0 radical (unpaired) electrons. The van der Waals surface area contributed by atoms with Gasteiger partial charge in [0, 0.05) is 6.42 Å². The number of carbonyl (C=O) groups excluding carboxylic acids is 1. The molecular formula is C21H19NO3. The maximum absolute atomic E-state index is 11.2. The van der Waals surface area contributed by atoms with Gasteiger partial charge in [0.15, 0.2) is 0 Å². The lowest BCUT2D eigenvalue weighted by molar-refractivity contribution is -0.117. The highest BCUT2D eigenvalue weighted by Gasteiger charge is 2.10. The highest BCUT2D eigenvalue weighted by atomic mass is 16.3. The van der Waals surface area contributed by atoms with E-state index in [-0.39, 0.29) is 23.8 Å². The van der Waals surface area contributed by atoms with E-state index >= 15 is 0 Å². The van der Waals surface area contributed by atoms with Gasteiger partial charge in [-0.15, -0.1) is 0 Å². The zero-order valence-corrected chi connectivity index (χ0v) is 13.6. The van der Waals surface area contributed by atoms with E-state index in [1.807, 2.05) is 30.3 Å². The van der Waals surface area contributed by atoms with Crippen LogP contribution in [0.4, 0.5) is 0 Å². The smallest absolute Gasteiger partial charge is 0.217 e. The van der Waals surface area contributed by atoms with Gasteiger partial charge in [0.05, 0.1) is 0 Å². The van der Waals surface area contributed by atoms with E-state index in [1.54, 1.807) is 36.4 Å². The molecule has 0 heterocycles. The van der Waals surface area contributed by atoms with Crippen LogP contribution in [0, 0.1) is 0 Å². The Hall–Kier alpha value is -3.27. The Bertz CT molecular complexity index is 919. The Morgan fingerprint density at radius 3 is 2.04 bits per heavy atom. The molecule has 126 valence electrons. The van der Waals surface area contributed by atoms with Crippen molar-refractivity contribution in [1.82, 2.24) is 0 Å². The first-order valence-corrected chi connectivity index (χ1v) is 8.03. The van der Waals surface area contributed by atoms with Gasteiger partial charge < -0.3 is 15.9 Å². The van der Waals surface area contributed by atoms with Crippen LogP contribution in [0.2, 0.25) is 0 Å². The number of hydrogen-bond donors (Lipinski definition) is 3. The second-order valence-electron chi connectivity index (χ2n) is 5.94. The molecule has 4 N–H and O–H groups in total. The molecule has 0 aliphatic heterocycles. The Kier molecular flexibility index (Phi) is 4.70. The van der Waals surface area contributed by atoms with Crippen LogP contribution in [-0.2, 0) is 11.2 Å². The summed E-state index contributed by atoms with van der Waals surface area (Å²) in [7, 11) is 0. The van der Waals surface area contributed by atoms with Gasteiger partial charge in [-0.3, -0.25) is 4.79 Å². The fourth-order valence-electron chi connectivity index (χ4n) is 2.88. The van der Waals surface area contributed by atoms with Crippen LogP contribution >= 0.6 is 0 Å². The second kappa shape index (κ2) is 7.09. The summed E-state index contributed by atoms with van der Waals surface area (Å²) >= 11 is 0. The molecule has 0 aromatic heterocycles. The number of amides is 1. The number of phenolic OH excluding ortho intramolecular Hbond substituents is 2. The Morgan fingerprint density at radius 1 is 0.800 bits per heavy atom. The van der Waals surface area contributed by atoms with Gasteiger partial charge in [-0.1, -0.05) is 42.5 Å². The Labute approximate surface area is 146 Å². The minimum atomic E-state index is -0.357. The Morgan fingerprint density at radius 2 is 1.40 bits per heavy atom. The average molecular weight is 333 g/mol. The summed E-state index contributed by atoms with van der Waals surface area (Å²) in [5.74, 6) is 0.0354. The molecule has 4 nitrogen and oxygen atoms in total. The first-order valence-electron chi connectivity index (χ1n) is 8.03. The molecule has 3 rings (SSSR count). The number of hydrogen-bond acceptors (Lipinski definition) is 3. The van der Waals surface area contributed by atoms with Crippen molar-refractivity contribution in [1.29, 1.82) is 0 Å². The standard InChI is InChI=1S/C21H19NO3/c22-21(25)10-8-17-11-15(14-3-1-5-18(23)12-14)7-9-20(17)16-4-2-6-19(24)13-16/h1-7,9,11-13,23-24H,8,10H2,(H2,22,25). The number of carbonyl (C=O) groups is 1. The largest absolute Gasteiger partial charge is 0.508 e. The summed E-state index contributed by atoms with van der Waals surface area (Å²) < 4.78 is 0. The number of phenols is 2. The summed E-state index contributed by atoms with van der Waals surface area (Å²) in [5, 5.41) is 19.4. The lowest BCUT2D eigenvalue weighted by Gasteiger charge is -2.13. The van der Waals surface area contributed by atoms with Gasteiger partial charge in [0.25, 0.3) is 0 Å². The van der Waals surface area contributed by atoms with E-state index < -0.39 is 0 Å². The minimum Gasteiger partial charge on any atom is -0.508 e. The molecule has 0 bridgehead atoms. The minimum absolute atomic E-state index is 0.190. The number of nitrogens with two attached hydrogens (primary N) is 1. The Balaban J connectivity index is 2.07. The van der Waals surface area contributed by atoms with Crippen molar-refractivity contribution in [2.45, 2.75) is 12.8 Å². The quantitative estimate of drug-likeness (QED) is 0.663. The van der Waals surface area contributed by atoms with E-state index in [0.29, 0.717) is 6.42 Å². The molecule has 0 spiro atoms. The summed E-state index contributed by atoms with van der Waals surface area (Å²) in [6, 6.07) is 20.0. The molecule has 0 aliphatic carbocycles. The van der Waals surface area contributed by atoms with E-state index in [1.165, 1.54) is 0 Å². The van der Waals surface area contributed by atoms with Crippen molar-refractivity contribution < 1.29 is 15.0 Å². The SMILES string of the molecule is NC(=O)CCc1cc(-c2cccc(O)c2)ccc1-c1cccc(O)c1. The molecule has 1 amide bonds. The van der Waals surface area contributed by atoms with Gasteiger partial charge in [0.2, 0.25) is 5.91 Å². The van der Waals surface area contributed by atoms with E-state index in [9.17, 15) is 15.0 Å². The molecule has 25 heavy (non-hydrogen) atoms. The van der Waals surface area contributed by atoms with Crippen LogP contribution < -0.4 is 5.73 Å². The fraction of sp³-hybridized carbons (Fsp3) is 0.0952.